The summed E-state index contributed by atoms with van der Waals surface area (Å²) < 4.78 is 11.4. The average molecular weight is 391 g/mol. The van der Waals surface area contributed by atoms with Gasteiger partial charge in [-0.05, 0) is 49.8 Å². The van der Waals surface area contributed by atoms with Crippen molar-refractivity contribution in [3.05, 3.63) is 65.5 Å². The predicted octanol–water partition coefficient (Wildman–Crippen LogP) is 4.04. The van der Waals surface area contributed by atoms with Gasteiger partial charge >= 0.3 is 0 Å². The normalized spacial score (nSPS) is 14.1. The number of carbonyl (C=O) groups is 1. The molecule has 29 heavy (non-hydrogen) atoms. The molecule has 4 rings (SSSR count). The fourth-order valence-corrected chi connectivity index (χ4v) is 3.71. The van der Waals surface area contributed by atoms with Gasteiger partial charge in [0.05, 0.1) is 6.54 Å². The van der Waals surface area contributed by atoms with Crippen LogP contribution in [0, 0.1) is 0 Å². The first-order chi connectivity index (χ1) is 14.1. The maximum atomic E-state index is 12.8. The molecular formula is C23H25N3O3. The maximum Gasteiger partial charge on any atom is 0.263 e. The Labute approximate surface area is 170 Å². The number of benzene rings is 2. The van der Waals surface area contributed by atoms with E-state index >= 15 is 0 Å². The quantitative estimate of drug-likeness (QED) is 0.634. The van der Waals surface area contributed by atoms with Crippen molar-refractivity contribution in [2.24, 2.45) is 0 Å². The number of rotatable bonds is 6. The third-order valence-electron chi connectivity index (χ3n) is 5.25. The van der Waals surface area contributed by atoms with Gasteiger partial charge in [-0.1, -0.05) is 47.6 Å². The first-order valence-electron chi connectivity index (χ1n) is 10.0. The number of ether oxygens (including phenoxy) is 1. The molecule has 1 aliphatic rings. The number of nitrogens with zero attached hydrogens (tertiary/aromatic N) is 3. The van der Waals surface area contributed by atoms with E-state index in [0.717, 1.165) is 30.6 Å². The van der Waals surface area contributed by atoms with E-state index in [1.54, 1.807) is 18.9 Å². The second-order valence-electron chi connectivity index (χ2n) is 7.43. The van der Waals surface area contributed by atoms with E-state index in [0.29, 0.717) is 11.7 Å². The predicted molar refractivity (Wildman–Crippen MR) is 109 cm³/mol. The SMILES string of the molecule is C[C@H](Oc1cccc2c1CCCC2)C(=O)N(C)Cc1nc(-c2ccccc2)no1. The molecule has 3 aromatic rings. The largest absolute Gasteiger partial charge is 0.481 e. The zero-order valence-electron chi connectivity index (χ0n) is 16.8. The highest BCUT2D eigenvalue weighted by molar-refractivity contribution is 5.80. The first-order valence-corrected chi connectivity index (χ1v) is 10.0. The summed E-state index contributed by atoms with van der Waals surface area (Å²) >= 11 is 0. The van der Waals surface area contributed by atoms with Crippen LogP contribution in [0.25, 0.3) is 11.4 Å². The lowest BCUT2D eigenvalue weighted by atomic mass is 9.91. The van der Waals surface area contributed by atoms with E-state index in [-0.39, 0.29) is 12.5 Å². The molecule has 0 spiro atoms. The van der Waals surface area contributed by atoms with Gasteiger partial charge in [0.25, 0.3) is 5.91 Å². The number of likely N-dealkylation sites (N-methyl/N-ethyl adjacent to an activating group) is 1. The lowest BCUT2D eigenvalue weighted by molar-refractivity contribution is -0.137. The molecule has 2 aromatic carbocycles. The van der Waals surface area contributed by atoms with Crippen molar-refractivity contribution in [3.63, 3.8) is 0 Å². The summed E-state index contributed by atoms with van der Waals surface area (Å²) in [6.07, 6.45) is 3.87. The lowest BCUT2D eigenvalue weighted by Gasteiger charge is -2.24. The lowest BCUT2D eigenvalue weighted by Crippen LogP contribution is -2.37. The number of hydrogen-bond donors (Lipinski definition) is 0. The highest BCUT2D eigenvalue weighted by atomic mass is 16.5. The minimum Gasteiger partial charge on any atom is -0.481 e. The van der Waals surface area contributed by atoms with Crippen LogP contribution in [0.3, 0.4) is 0 Å². The van der Waals surface area contributed by atoms with E-state index in [1.807, 2.05) is 42.5 Å². The van der Waals surface area contributed by atoms with Gasteiger partial charge in [0.2, 0.25) is 11.7 Å². The van der Waals surface area contributed by atoms with Gasteiger partial charge in [-0.3, -0.25) is 4.79 Å². The minimum atomic E-state index is -0.593. The Morgan fingerprint density at radius 3 is 2.76 bits per heavy atom. The standard InChI is InChI=1S/C23H25N3O3/c1-16(28-20-14-8-12-17-9-6-7-13-19(17)20)23(27)26(2)15-21-24-22(25-29-21)18-10-4-3-5-11-18/h3-5,8,10-12,14,16H,6-7,9,13,15H2,1-2H3/t16-/m0/s1. The van der Waals surface area contributed by atoms with Gasteiger partial charge in [-0.2, -0.15) is 4.98 Å². The van der Waals surface area contributed by atoms with E-state index in [4.69, 9.17) is 9.26 Å². The van der Waals surface area contributed by atoms with Crippen molar-refractivity contribution in [1.82, 2.24) is 15.0 Å². The number of fused-ring (bicyclic) bond motifs is 1. The van der Waals surface area contributed by atoms with Gasteiger partial charge in [-0.25, -0.2) is 0 Å². The molecule has 6 heteroatoms. The molecule has 0 fully saturated rings. The van der Waals surface area contributed by atoms with Crippen LogP contribution in [0.5, 0.6) is 5.75 Å². The summed E-state index contributed by atoms with van der Waals surface area (Å²) in [6.45, 7) is 2.02. The second kappa shape index (κ2) is 8.47. The van der Waals surface area contributed by atoms with Gasteiger partial charge < -0.3 is 14.2 Å². The Hall–Kier alpha value is -3.15. The van der Waals surface area contributed by atoms with Gasteiger partial charge in [0, 0.05) is 12.6 Å². The third kappa shape index (κ3) is 4.31. The van der Waals surface area contributed by atoms with Crippen LogP contribution in [0.2, 0.25) is 0 Å². The molecule has 0 unspecified atom stereocenters. The van der Waals surface area contributed by atoms with Crippen LogP contribution in [0.15, 0.2) is 53.1 Å². The summed E-state index contributed by atoms with van der Waals surface area (Å²) in [5.41, 5.74) is 3.45. The van der Waals surface area contributed by atoms with Gasteiger partial charge in [-0.15, -0.1) is 0 Å². The molecule has 0 bridgehead atoms. The first kappa shape index (κ1) is 19.2. The number of aromatic nitrogens is 2. The van der Waals surface area contributed by atoms with Crippen LogP contribution >= 0.6 is 0 Å². The Balaban J connectivity index is 1.40. The van der Waals surface area contributed by atoms with Crippen LogP contribution in [0.1, 0.15) is 36.8 Å². The fourth-order valence-electron chi connectivity index (χ4n) is 3.71. The Morgan fingerprint density at radius 2 is 1.93 bits per heavy atom. The van der Waals surface area contributed by atoms with E-state index in [2.05, 4.69) is 16.2 Å². The van der Waals surface area contributed by atoms with Gasteiger partial charge in [0.1, 0.15) is 5.75 Å². The summed E-state index contributed by atoms with van der Waals surface area (Å²) in [4.78, 5) is 18.8. The number of hydrogen-bond acceptors (Lipinski definition) is 5. The molecule has 0 aliphatic heterocycles. The van der Waals surface area contributed by atoms with Crippen LogP contribution in [0.4, 0.5) is 0 Å². The second-order valence-corrected chi connectivity index (χ2v) is 7.43. The van der Waals surface area contributed by atoms with Gasteiger partial charge in [0.15, 0.2) is 6.10 Å². The molecule has 0 radical (unpaired) electrons. The molecular weight excluding hydrogens is 366 g/mol. The van der Waals surface area contributed by atoms with E-state index < -0.39 is 6.10 Å². The smallest absolute Gasteiger partial charge is 0.263 e. The van der Waals surface area contributed by atoms with Crippen molar-refractivity contribution in [2.75, 3.05) is 7.05 Å². The Kier molecular flexibility index (Phi) is 5.60. The van der Waals surface area contributed by atoms with E-state index in [9.17, 15) is 4.79 Å². The number of amides is 1. The molecule has 1 atom stereocenters. The molecule has 6 nitrogen and oxygen atoms in total. The summed E-state index contributed by atoms with van der Waals surface area (Å²) in [7, 11) is 1.72. The van der Waals surface area contributed by atoms with Crippen LogP contribution in [-0.4, -0.2) is 34.1 Å². The molecule has 0 saturated carbocycles. The topological polar surface area (TPSA) is 68.5 Å². The third-order valence-corrected chi connectivity index (χ3v) is 5.25. The summed E-state index contributed by atoms with van der Waals surface area (Å²) in [6, 6.07) is 15.7. The molecule has 1 aliphatic carbocycles. The highest BCUT2D eigenvalue weighted by Gasteiger charge is 2.23. The number of carbonyl (C=O) groups excluding carboxylic acids is 1. The zero-order valence-corrected chi connectivity index (χ0v) is 16.8. The number of aryl methyl sites for hydroxylation is 1. The van der Waals surface area contributed by atoms with Crippen LogP contribution < -0.4 is 4.74 Å². The molecule has 0 saturated heterocycles. The summed E-state index contributed by atoms with van der Waals surface area (Å²) in [5, 5.41) is 4.00. The maximum absolute atomic E-state index is 12.8. The molecule has 1 aromatic heterocycles. The van der Waals surface area contributed by atoms with Crippen LogP contribution in [-0.2, 0) is 24.2 Å². The Bertz CT molecular complexity index is 984. The molecule has 0 N–H and O–H groups in total. The van der Waals surface area contributed by atoms with Crippen molar-refractivity contribution in [3.8, 4) is 17.1 Å². The fraction of sp³-hybridized carbons (Fsp3) is 0.348. The summed E-state index contributed by atoms with van der Waals surface area (Å²) in [5.74, 6) is 1.60. The van der Waals surface area contributed by atoms with Crippen molar-refractivity contribution < 1.29 is 14.1 Å². The monoisotopic (exact) mass is 391 g/mol. The molecule has 1 amide bonds. The van der Waals surface area contributed by atoms with E-state index in [1.165, 1.54) is 17.5 Å². The minimum absolute atomic E-state index is 0.127. The highest BCUT2D eigenvalue weighted by Crippen LogP contribution is 2.30. The van der Waals surface area contributed by atoms with Crippen molar-refractivity contribution in [1.29, 1.82) is 0 Å². The molecule has 150 valence electrons. The average Bonchev–Trinajstić information content (AvgIpc) is 3.22. The molecule has 1 heterocycles. The van der Waals surface area contributed by atoms with Crippen molar-refractivity contribution >= 4 is 5.91 Å². The van der Waals surface area contributed by atoms with Crippen molar-refractivity contribution in [2.45, 2.75) is 45.3 Å². The zero-order chi connectivity index (χ0) is 20.2. The Morgan fingerprint density at radius 1 is 1.14 bits per heavy atom.